The summed E-state index contributed by atoms with van der Waals surface area (Å²) in [6, 6.07) is 8.42. The highest BCUT2D eigenvalue weighted by atomic mass is 16.5. The van der Waals surface area contributed by atoms with Crippen molar-refractivity contribution >= 4 is 11.9 Å². The second-order valence-electron chi connectivity index (χ2n) is 9.21. The van der Waals surface area contributed by atoms with Crippen LogP contribution in [0, 0.1) is 0 Å². The highest BCUT2D eigenvalue weighted by Crippen LogP contribution is 2.17. The maximum Gasteiger partial charge on any atom is 0.251 e. The van der Waals surface area contributed by atoms with Gasteiger partial charge in [-0.05, 0) is 51.7 Å². The largest absolute Gasteiger partial charge is 0.371 e. The minimum absolute atomic E-state index is 0.147. The van der Waals surface area contributed by atoms with Crippen LogP contribution in [0.4, 0.5) is 0 Å². The highest BCUT2D eigenvalue weighted by Gasteiger charge is 2.30. The first-order chi connectivity index (χ1) is 14.9. The zero-order valence-electron chi connectivity index (χ0n) is 19.5. The number of rotatable bonds is 6. The van der Waals surface area contributed by atoms with Crippen molar-refractivity contribution in [3.8, 4) is 0 Å². The lowest BCUT2D eigenvalue weighted by Crippen LogP contribution is -2.55. The fourth-order valence-corrected chi connectivity index (χ4v) is 3.82. The summed E-state index contributed by atoms with van der Waals surface area (Å²) in [5.41, 5.74) is 2.17. The van der Waals surface area contributed by atoms with E-state index >= 15 is 0 Å². The van der Waals surface area contributed by atoms with Gasteiger partial charge in [-0.15, -0.1) is 0 Å². The van der Waals surface area contributed by atoms with E-state index in [1.165, 1.54) is 0 Å². The van der Waals surface area contributed by atoms with Gasteiger partial charge in [-0.3, -0.25) is 4.79 Å². The molecule has 1 amide bonds. The molecule has 2 fully saturated rings. The Balaban J connectivity index is 1.56. The zero-order valence-corrected chi connectivity index (χ0v) is 19.5. The van der Waals surface area contributed by atoms with Crippen LogP contribution < -0.4 is 5.32 Å². The topological polar surface area (TPSA) is 66.4 Å². The van der Waals surface area contributed by atoms with Crippen LogP contribution >= 0.6 is 0 Å². The minimum atomic E-state index is -0.233. The number of amides is 1. The van der Waals surface area contributed by atoms with Crippen molar-refractivity contribution in [2.45, 2.75) is 65.4 Å². The van der Waals surface area contributed by atoms with Crippen LogP contribution in [0.5, 0.6) is 0 Å². The third-order valence-electron chi connectivity index (χ3n) is 5.51. The number of nitrogens with zero attached hydrogens (tertiary/aromatic N) is 3. The molecule has 7 nitrogen and oxygen atoms in total. The maximum atomic E-state index is 12.6. The molecule has 2 saturated heterocycles. The molecule has 2 aliphatic heterocycles. The molecule has 0 aromatic heterocycles. The predicted octanol–water partition coefficient (Wildman–Crippen LogP) is 2.79. The number of guanidine groups is 1. The Hall–Kier alpha value is -2.12. The molecule has 7 heteroatoms. The van der Waals surface area contributed by atoms with Crippen molar-refractivity contribution in [3.05, 3.63) is 35.4 Å². The van der Waals surface area contributed by atoms with E-state index < -0.39 is 0 Å². The van der Waals surface area contributed by atoms with Crippen LogP contribution in [0.1, 0.15) is 51.7 Å². The van der Waals surface area contributed by atoms with E-state index in [1.807, 2.05) is 4.90 Å². The maximum absolute atomic E-state index is 12.6. The molecule has 0 bridgehead atoms. The molecule has 31 heavy (non-hydrogen) atoms. The first-order valence-electron chi connectivity index (χ1n) is 11.5. The molecule has 172 valence electrons. The van der Waals surface area contributed by atoms with Gasteiger partial charge in [0.1, 0.15) is 6.10 Å². The van der Waals surface area contributed by atoms with E-state index in [1.54, 1.807) is 0 Å². The van der Waals surface area contributed by atoms with Gasteiger partial charge in [0.05, 0.1) is 18.8 Å². The third-order valence-corrected chi connectivity index (χ3v) is 5.51. The molecule has 0 spiro atoms. The van der Waals surface area contributed by atoms with E-state index in [4.69, 9.17) is 14.5 Å². The van der Waals surface area contributed by atoms with Crippen molar-refractivity contribution in [3.63, 3.8) is 0 Å². The first-order valence-corrected chi connectivity index (χ1v) is 11.5. The van der Waals surface area contributed by atoms with Crippen molar-refractivity contribution in [2.24, 2.45) is 4.99 Å². The Morgan fingerprint density at radius 2 is 1.90 bits per heavy atom. The number of carbonyl (C=O) groups excluding carboxylic acids is 1. The fourth-order valence-electron chi connectivity index (χ4n) is 3.82. The number of nitrogens with one attached hydrogen (secondary N) is 1. The molecule has 1 aromatic rings. The monoisotopic (exact) mass is 430 g/mol. The summed E-state index contributed by atoms with van der Waals surface area (Å²) in [6.07, 6.45) is 1.60. The molecule has 0 radical (unpaired) electrons. The van der Waals surface area contributed by atoms with Gasteiger partial charge in [-0.25, -0.2) is 4.99 Å². The van der Waals surface area contributed by atoms with Gasteiger partial charge in [-0.1, -0.05) is 24.3 Å². The van der Waals surface area contributed by atoms with Crippen molar-refractivity contribution in [2.75, 3.05) is 39.3 Å². The summed E-state index contributed by atoms with van der Waals surface area (Å²) in [6.45, 7) is 14.0. The summed E-state index contributed by atoms with van der Waals surface area (Å²) in [5, 5.41) is 3.40. The van der Waals surface area contributed by atoms with E-state index in [2.05, 4.69) is 62.2 Å². The fraction of sp³-hybridized carbons (Fsp3) is 0.667. The van der Waals surface area contributed by atoms with Crippen LogP contribution in [-0.2, 0) is 27.4 Å². The molecule has 2 heterocycles. The molecule has 3 rings (SSSR count). The second-order valence-corrected chi connectivity index (χ2v) is 9.21. The summed E-state index contributed by atoms with van der Waals surface area (Å²) < 4.78 is 11.5. The molecule has 1 atom stereocenters. The Labute approximate surface area is 186 Å². The predicted molar refractivity (Wildman–Crippen MR) is 123 cm³/mol. The Morgan fingerprint density at radius 3 is 2.55 bits per heavy atom. The van der Waals surface area contributed by atoms with Crippen molar-refractivity contribution in [1.29, 1.82) is 0 Å². The van der Waals surface area contributed by atoms with E-state index in [0.717, 1.165) is 49.6 Å². The molecule has 0 aliphatic carbocycles. The summed E-state index contributed by atoms with van der Waals surface area (Å²) in [5.74, 6) is 1.05. The molecule has 0 saturated carbocycles. The number of carbonyl (C=O) groups is 1. The van der Waals surface area contributed by atoms with Gasteiger partial charge >= 0.3 is 0 Å². The SMILES string of the molecule is CCNC(=NCc1cccc(COC(C)(C)C)c1)N1CCN(C(=O)C2CCCO2)CC1. The van der Waals surface area contributed by atoms with Gasteiger partial charge < -0.3 is 24.6 Å². The van der Waals surface area contributed by atoms with E-state index in [0.29, 0.717) is 32.8 Å². The molecular weight excluding hydrogens is 392 g/mol. The van der Waals surface area contributed by atoms with Crippen molar-refractivity contribution < 1.29 is 14.3 Å². The zero-order chi connectivity index (χ0) is 22.3. The smallest absolute Gasteiger partial charge is 0.251 e. The number of hydrogen-bond acceptors (Lipinski definition) is 4. The van der Waals surface area contributed by atoms with Crippen LogP contribution in [0.25, 0.3) is 0 Å². The number of piperazine rings is 1. The first kappa shape index (κ1) is 23.5. The lowest BCUT2D eigenvalue weighted by atomic mass is 10.1. The molecule has 1 N–H and O–H groups in total. The number of ether oxygens (including phenoxy) is 2. The number of hydrogen-bond donors (Lipinski definition) is 1. The summed E-state index contributed by atoms with van der Waals surface area (Å²) in [4.78, 5) is 21.6. The highest BCUT2D eigenvalue weighted by molar-refractivity contribution is 5.82. The Morgan fingerprint density at radius 1 is 1.19 bits per heavy atom. The van der Waals surface area contributed by atoms with Crippen LogP contribution in [0.3, 0.4) is 0 Å². The van der Waals surface area contributed by atoms with E-state index in [9.17, 15) is 4.79 Å². The molecule has 1 unspecified atom stereocenters. The third kappa shape index (κ3) is 7.21. The Kier molecular flexibility index (Phi) is 8.32. The Bertz CT molecular complexity index is 745. The van der Waals surface area contributed by atoms with Crippen LogP contribution in [-0.4, -0.2) is 72.7 Å². The standard InChI is InChI=1S/C24H38N4O3/c1-5-25-23(26-17-19-8-6-9-20(16-19)18-31-24(2,3)4)28-13-11-27(12-14-28)22(29)21-10-7-15-30-21/h6,8-9,16,21H,5,7,10-15,17-18H2,1-4H3,(H,25,26). The minimum Gasteiger partial charge on any atom is -0.371 e. The van der Waals surface area contributed by atoms with Gasteiger partial charge in [0.2, 0.25) is 0 Å². The summed E-state index contributed by atoms with van der Waals surface area (Å²) in [7, 11) is 0. The van der Waals surface area contributed by atoms with Gasteiger partial charge in [0, 0.05) is 39.3 Å². The lowest BCUT2D eigenvalue weighted by Gasteiger charge is -2.37. The average molecular weight is 431 g/mol. The lowest BCUT2D eigenvalue weighted by molar-refractivity contribution is -0.142. The van der Waals surface area contributed by atoms with Gasteiger partial charge in [-0.2, -0.15) is 0 Å². The van der Waals surface area contributed by atoms with Crippen LogP contribution in [0.15, 0.2) is 29.3 Å². The van der Waals surface area contributed by atoms with Crippen LogP contribution in [0.2, 0.25) is 0 Å². The normalized spacial score (nSPS) is 20.3. The van der Waals surface area contributed by atoms with Gasteiger partial charge in [0.25, 0.3) is 5.91 Å². The van der Waals surface area contributed by atoms with E-state index in [-0.39, 0.29) is 17.6 Å². The van der Waals surface area contributed by atoms with Gasteiger partial charge in [0.15, 0.2) is 5.96 Å². The second kappa shape index (κ2) is 11.0. The number of benzene rings is 1. The molecule has 2 aliphatic rings. The average Bonchev–Trinajstić information content (AvgIpc) is 3.30. The molecular formula is C24H38N4O3. The summed E-state index contributed by atoms with van der Waals surface area (Å²) >= 11 is 0. The number of aliphatic imine (C=N–C) groups is 1. The quantitative estimate of drug-likeness (QED) is 0.555. The molecule has 1 aromatic carbocycles. The van der Waals surface area contributed by atoms with Crippen molar-refractivity contribution in [1.82, 2.24) is 15.1 Å².